The minimum atomic E-state index is -3.17. The van der Waals surface area contributed by atoms with Crippen molar-refractivity contribution in [1.82, 2.24) is 4.72 Å². The van der Waals surface area contributed by atoms with Crippen LogP contribution >= 0.6 is 11.3 Å². The summed E-state index contributed by atoms with van der Waals surface area (Å²) in [6.07, 6.45) is 1.54. The zero-order chi connectivity index (χ0) is 13.4. The molecule has 4 nitrogen and oxygen atoms in total. The van der Waals surface area contributed by atoms with Gasteiger partial charge in [-0.25, -0.2) is 13.1 Å². The SMILES string of the molecule is CCCCS(=O)(=O)NCc1cc(C#CCO)cs1. The Morgan fingerprint density at radius 2 is 2.28 bits per heavy atom. The summed E-state index contributed by atoms with van der Waals surface area (Å²) in [5, 5.41) is 10.4. The molecular formula is C12H17NO3S2. The van der Waals surface area contributed by atoms with E-state index < -0.39 is 10.0 Å². The number of aliphatic hydroxyl groups is 1. The quantitative estimate of drug-likeness (QED) is 0.775. The lowest BCUT2D eigenvalue weighted by Crippen LogP contribution is -2.25. The summed E-state index contributed by atoms with van der Waals surface area (Å²) in [7, 11) is -3.17. The normalized spacial score (nSPS) is 11.0. The number of unbranched alkanes of at least 4 members (excludes halogenated alkanes) is 1. The van der Waals surface area contributed by atoms with E-state index in [1.807, 2.05) is 18.4 Å². The Labute approximate surface area is 112 Å². The maximum absolute atomic E-state index is 11.6. The molecule has 0 amide bonds. The second kappa shape index (κ2) is 7.54. The monoisotopic (exact) mass is 287 g/mol. The molecule has 6 heteroatoms. The van der Waals surface area contributed by atoms with Crippen LogP contribution in [0.3, 0.4) is 0 Å². The van der Waals surface area contributed by atoms with E-state index in [1.54, 1.807) is 0 Å². The third-order valence-corrected chi connectivity index (χ3v) is 4.55. The maximum Gasteiger partial charge on any atom is 0.211 e. The zero-order valence-corrected chi connectivity index (χ0v) is 11.9. The zero-order valence-electron chi connectivity index (χ0n) is 10.3. The van der Waals surface area contributed by atoms with E-state index in [2.05, 4.69) is 16.6 Å². The van der Waals surface area contributed by atoms with Crippen LogP contribution in [0.15, 0.2) is 11.4 Å². The summed E-state index contributed by atoms with van der Waals surface area (Å²) in [5.74, 6) is 5.50. The lowest BCUT2D eigenvalue weighted by molar-refractivity contribution is 0.350. The van der Waals surface area contributed by atoms with E-state index in [0.29, 0.717) is 13.0 Å². The average molecular weight is 287 g/mol. The maximum atomic E-state index is 11.6. The standard InChI is InChI=1S/C12H17NO3S2/c1-2-3-7-18(15,16)13-9-12-8-11(10-17-12)5-4-6-14/h8,10,13-14H,2-3,6-7,9H2,1H3. The molecule has 1 heterocycles. The highest BCUT2D eigenvalue weighted by Gasteiger charge is 2.09. The van der Waals surface area contributed by atoms with Gasteiger partial charge in [-0.3, -0.25) is 0 Å². The van der Waals surface area contributed by atoms with Gasteiger partial charge in [0.1, 0.15) is 6.61 Å². The topological polar surface area (TPSA) is 66.4 Å². The van der Waals surface area contributed by atoms with Gasteiger partial charge in [-0.2, -0.15) is 0 Å². The predicted octanol–water partition coefficient (Wildman–Crippen LogP) is 1.31. The molecule has 2 N–H and O–H groups in total. The van der Waals surface area contributed by atoms with Crippen LogP contribution in [-0.4, -0.2) is 25.9 Å². The van der Waals surface area contributed by atoms with Gasteiger partial charge in [-0.05, 0) is 12.5 Å². The third-order valence-electron chi connectivity index (χ3n) is 2.20. The first-order valence-electron chi connectivity index (χ1n) is 5.72. The summed E-state index contributed by atoms with van der Waals surface area (Å²) in [6.45, 7) is 2.09. The second-order valence-corrected chi connectivity index (χ2v) is 6.68. The first-order chi connectivity index (χ1) is 8.57. The van der Waals surface area contributed by atoms with Crippen molar-refractivity contribution in [3.05, 3.63) is 21.9 Å². The molecule has 0 aliphatic carbocycles. The summed E-state index contributed by atoms with van der Waals surface area (Å²) in [5.41, 5.74) is 0.803. The highest BCUT2D eigenvalue weighted by atomic mass is 32.2. The molecule has 0 radical (unpaired) electrons. The lowest BCUT2D eigenvalue weighted by Gasteiger charge is -2.03. The van der Waals surface area contributed by atoms with Crippen molar-refractivity contribution in [2.24, 2.45) is 0 Å². The molecule has 0 atom stereocenters. The minimum absolute atomic E-state index is 0.172. The van der Waals surface area contributed by atoms with E-state index in [-0.39, 0.29) is 12.4 Å². The summed E-state index contributed by atoms with van der Waals surface area (Å²) in [4.78, 5) is 0.914. The van der Waals surface area contributed by atoms with E-state index >= 15 is 0 Å². The van der Waals surface area contributed by atoms with Gasteiger partial charge in [-0.15, -0.1) is 11.3 Å². The van der Waals surface area contributed by atoms with Gasteiger partial charge in [-0.1, -0.05) is 25.2 Å². The van der Waals surface area contributed by atoms with Crippen molar-refractivity contribution >= 4 is 21.4 Å². The summed E-state index contributed by atoms with van der Waals surface area (Å²) < 4.78 is 25.7. The average Bonchev–Trinajstić information content (AvgIpc) is 2.80. The molecule has 0 bridgehead atoms. The van der Waals surface area contributed by atoms with Crippen LogP contribution in [-0.2, 0) is 16.6 Å². The van der Waals surface area contributed by atoms with E-state index in [4.69, 9.17) is 5.11 Å². The lowest BCUT2D eigenvalue weighted by atomic mass is 10.3. The van der Waals surface area contributed by atoms with Crippen LogP contribution in [0, 0.1) is 11.8 Å². The smallest absolute Gasteiger partial charge is 0.211 e. The van der Waals surface area contributed by atoms with Crippen molar-refractivity contribution in [2.75, 3.05) is 12.4 Å². The number of nitrogens with one attached hydrogen (secondary N) is 1. The van der Waals surface area contributed by atoms with Gasteiger partial charge in [0.2, 0.25) is 10.0 Å². The van der Waals surface area contributed by atoms with Gasteiger partial charge < -0.3 is 5.11 Å². The molecule has 0 saturated carbocycles. The number of hydrogen-bond donors (Lipinski definition) is 2. The molecule has 0 fully saturated rings. The van der Waals surface area contributed by atoms with Gasteiger partial charge in [0.05, 0.1) is 5.75 Å². The molecule has 18 heavy (non-hydrogen) atoms. The Bertz CT molecular complexity index is 523. The molecule has 0 spiro atoms. The predicted molar refractivity (Wildman–Crippen MR) is 73.8 cm³/mol. The fourth-order valence-electron chi connectivity index (χ4n) is 1.27. The first kappa shape index (κ1) is 15.2. The Balaban J connectivity index is 2.51. The van der Waals surface area contributed by atoms with Gasteiger partial charge >= 0.3 is 0 Å². The fourth-order valence-corrected chi connectivity index (χ4v) is 3.30. The number of rotatable bonds is 6. The van der Waals surface area contributed by atoms with Crippen molar-refractivity contribution < 1.29 is 13.5 Å². The molecule has 0 aliphatic rings. The third kappa shape index (κ3) is 5.65. The number of hydrogen-bond acceptors (Lipinski definition) is 4. The van der Waals surface area contributed by atoms with Crippen molar-refractivity contribution in [2.45, 2.75) is 26.3 Å². The van der Waals surface area contributed by atoms with Crippen LogP contribution in [0.2, 0.25) is 0 Å². The Hall–Kier alpha value is -0.870. The van der Waals surface area contributed by atoms with Crippen molar-refractivity contribution in [3.63, 3.8) is 0 Å². The first-order valence-corrected chi connectivity index (χ1v) is 8.25. The molecule has 1 aromatic rings. The molecule has 1 rings (SSSR count). The highest BCUT2D eigenvalue weighted by molar-refractivity contribution is 7.89. The van der Waals surface area contributed by atoms with Gasteiger partial charge in [0, 0.05) is 22.4 Å². The van der Waals surface area contributed by atoms with Crippen LogP contribution in [0.1, 0.15) is 30.2 Å². The highest BCUT2D eigenvalue weighted by Crippen LogP contribution is 2.13. The molecule has 100 valence electrons. The molecule has 0 aromatic carbocycles. The van der Waals surface area contributed by atoms with Crippen LogP contribution in [0.5, 0.6) is 0 Å². The number of aliphatic hydroxyl groups excluding tert-OH is 1. The van der Waals surface area contributed by atoms with E-state index in [1.165, 1.54) is 11.3 Å². The van der Waals surface area contributed by atoms with Crippen molar-refractivity contribution in [3.8, 4) is 11.8 Å². The Morgan fingerprint density at radius 1 is 1.50 bits per heavy atom. The number of sulfonamides is 1. The van der Waals surface area contributed by atoms with Crippen molar-refractivity contribution in [1.29, 1.82) is 0 Å². The van der Waals surface area contributed by atoms with E-state index in [0.717, 1.165) is 16.9 Å². The van der Waals surface area contributed by atoms with Gasteiger partial charge in [0.25, 0.3) is 0 Å². The van der Waals surface area contributed by atoms with E-state index in [9.17, 15) is 8.42 Å². The molecular weight excluding hydrogens is 270 g/mol. The van der Waals surface area contributed by atoms with Crippen LogP contribution in [0.4, 0.5) is 0 Å². The minimum Gasteiger partial charge on any atom is -0.384 e. The molecule has 0 unspecified atom stereocenters. The molecule has 0 saturated heterocycles. The van der Waals surface area contributed by atoms with Crippen LogP contribution in [0.25, 0.3) is 0 Å². The fraction of sp³-hybridized carbons (Fsp3) is 0.500. The van der Waals surface area contributed by atoms with Gasteiger partial charge in [0.15, 0.2) is 0 Å². The Morgan fingerprint density at radius 3 is 2.94 bits per heavy atom. The molecule has 0 aliphatic heterocycles. The Kier molecular flexibility index (Phi) is 6.36. The largest absolute Gasteiger partial charge is 0.384 e. The number of thiophene rings is 1. The molecule has 1 aromatic heterocycles. The summed E-state index contributed by atoms with van der Waals surface area (Å²) in [6, 6.07) is 1.83. The van der Waals surface area contributed by atoms with Crippen LogP contribution < -0.4 is 4.72 Å². The summed E-state index contributed by atoms with van der Waals surface area (Å²) >= 11 is 1.45. The second-order valence-electron chi connectivity index (χ2n) is 3.76.